The molecule has 27 nitrogen and oxygen atoms in total. The number of phosphoric ester groups is 2. The van der Waals surface area contributed by atoms with Crippen molar-refractivity contribution < 1.29 is 80.5 Å². The lowest BCUT2D eigenvalue weighted by Gasteiger charge is -2.26. The van der Waals surface area contributed by atoms with Crippen LogP contribution in [0.15, 0.2) is 23.8 Å². The highest BCUT2D eigenvalue weighted by molar-refractivity contribution is 7.66. The fourth-order valence-electron chi connectivity index (χ4n) is 5.54. The molecule has 2 aliphatic heterocycles. The summed E-state index contributed by atoms with van der Waals surface area (Å²) in [5.41, 5.74) is 5.56. The average molecular weight is 814 g/mol. The number of aromatic nitrogens is 8. The van der Waals surface area contributed by atoms with Gasteiger partial charge < -0.3 is 59.7 Å². The lowest BCUT2D eigenvalue weighted by Crippen LogP contribution is -2.46. The van der Waals surface area contributed by atoms with Crippen LogP contribution in [-0.4, -0.2) is 128 Å². The second kappa shape index (κ2) is 14.4. The Labute approximate surface area is 295 Å². The standard InChI is InChI=1S/C23H33N10O17P3/c1-30(2)23-28-19-12(20(38)29-23)31(3)8-33(19)22-16(37)14(35)10(48-22)5-46-52(41,42)50-53(43,44)49-51(39,40)45-4-9-13(34)15(36)21(47-9)32-7-27-11-17(24)25-6-26-18(11)32/h6-10,13-16,21-22,34-37H,4-5H2,1-3H3,(H5-,24,25,26,28,29,38,39,40,41,42,43,44)/t9?,10-,13-,14+,15-,16?,21?,22-/m1/s1. The van der Waals surface area contributed by atoms with E-state index >= 15 is 0 Å². The number of ether oxygens (including phenoxy) is 2. The van der Waals surface area contributed by atoms with Crippen LogP contribution in [0.5, 0.6) is 0 Å². The summed E-state index contributed by atoms with van der Waals surface area (Å²) in [7, 11) is -12.9. The molecule has 4 aromatic heterocycles. The number of nitrogen functional groups attached to an aromatic ring is 1. The number of aliphatic hydroxyl groups is 4. The van der Waals surface area contributed by atoms with E-state index in [0.717, 1.165) is 6.33 Å². The van der Waals surface area contributed by atoms with Crippen molar-refractivity contribution in [1.82, 2.24) is 34.1 Å². The number of imidazole rings is 2. The molecular formula is C23H33N10O17P3. The molecule has 0 bridgehead atoms. The van der Waals surface area contributed by atoms with Crippen LogP contribution in [0.4, 0.5) is 11.8 Å². The molecule has 11 atom stereocenters. The Morgan fingerprint density at radius 1 is 0.981 bits per heavy atom. The second-order valence-corrected chi connectivity index (χ2v) is 16.5. The normalized spacial score (nSPS) is 29.7. The van der Waals surface area contributed by atoms with Gasteiger partial charge in [0.15, 0.2) is 24.0 Å². The minimum absolute atomic E-state index is 0.00742. The van der Waals surface area contributed by atoms with Crippen molar-refractivity contribution in [2.45, 2.75) is 49.1 Å². The average Bonchev–Trinajstić information content (AvgIpc) is 3.78. The molecule has 0 aliphatic carbocycles. The Bertz CT molecular complexity index is 2220. The van der Waals surface area contributed by atoms with Crippen LogP contribution in [-0.2, 0) is 47.9 Å². The molecule has 53 heavy (non-hydrogen) atoms. The number of hydrogen-bond acceptors (Lipinski definition) is 21. The third-order valence-corrected chi connectivity index (χ3v) is 12.2. The number of nitrogens with two attached hydrogens (primary N) is 1. The molecule has 6 rings (SSSR count). The molecule has 30 heteroatoms. The molecule has 6 heterocycles. The fraction of sp³-hybridized carbons (Fsp3) is 0.565. The maximum absolute atomic E-state index is 12.7. The molecule has 2 fully saturated rings. The zero-order valence-corrected chi connectivity index (χ0v) is 30.1. The van der Waals surface area contributed by atoms with Gasteiger partial charge in [-0.15, -0.1) is 0 Å². The van der Waals surface area contributed by atoms with Crippen LogP contribution in [0.25, 0.3) is 22.3 Å². The van der Waals surface area contributed by atoms with Gasteiger partial charge in [-0.25, -0.2) is 33.0 Å². The van der Waals surface area contributed by atoms with Crippen molar-refractivity contribution in [3.63, 3.8) is 0 Å². The molecule has 0 saturated carbocycles. The monoisotopic (exact) mass is 814 g/mol. The summed E-state index contributed by atoms with van der Waals surface area (Å²) in [6.45, 7) is -2.16. The largest absolute Gasteiger partial charge is 0.756 e. The number of aromatic amines is 1. The zero-order valence-electron chi connectivity index (χ0n) is 27.4. The second-order valence-electron chi connectivity index (χ2n) is 11.9. The summed E-state index contributed by atoms with van der Waals surface area (Å²) < 4.78 is 69.4. The maximum atomic E-state index is 12.7. The van der Waals surface area contributed by atoms with E-state index in [1.165, 1.54) is 38.3 Å². The van der Waals surface area contributed by atoms with E-state index in [0.29, 0.717) is 0 Å². The quantitative estimate of drug-likeness (QED) is 0.0471. The zero-order chi connectivity index (χ0) is 38.8. The Kier molecular flexibility index (Phi) is 10.7. The third-order valence-electron chi connectivity index (χ3n) is 8.00. The molecule has 9 N–H and O–H groups in total. The molecule has 292 valence electrons. The smallest absolute Gasteiger partial charge is 0.487 e. The van der Waals surface area contributed by atoms with E-state index < -0.39 is 91.3 Å². The number of nitrogens with one attached hydrogen (secondary N) is 1. The molecule has 2 saturated heterocycles. The van der Waals surface area contributed by atoms with Crippen molar-refractivity contribution >= 4 is 57.6 Å². The number of hydrogen-bond donors (Lipinski definition) is 8. The van der Waals surface area contributed by atoms with Crippen molar-refractivity contribution in [3.8, 4) is 0 Å². The van der Waals surface area contributed by atoms with E-state index in [-0.39, 0.29) is 34.1 Å². The summed E-state index contributed by atoms with van der Waals surface area (Å²) in [4.78, 5) is 65.3. The van der Waals surface area contributed by atoms with E-state index in [4.69, 9.17) is 15.2 Å². The Balaban J connectivity index is 1.05. The van der Waals surface area contributed by atoms with Crippen LogP contribution in [0, 0.1) is 0 Å². The number of aryl methyl sites for hydroxylation is 1. The van der Waals surface area contributed by atoms with Gasteiger partial charge in [0.25, 0.3) is 19.3 Å². The van der Waals surface area contributed by atoms with Gasteiger partial charge >= 0.3 is 21.3 Å². The van der Waals surface area contributed by atoms with E-state index in [9.17, 15) is 53.6 Å². The van der Waals surface area contributed by atoms with Crippen LogP contribution >= 0.6 is 23.5 Å². The topological polar surface area (TPSA) is 378 Å². The van der Waals surface area contributed by atoms with Gasteiger partial charge in [0.2, 0.25) is 11.7 Å². The van der Waals surface area contributed by atoms with Gasteiger partial charge in [0, 0.05) is 14.1 Å². The van der Waals surface area contributed by atoms with E-state index in [2.05, 4.69) is 42.6 Å². The van der Waals surface area contributed by atoms with Crippen molar-refractivity contribution in [1.29, 1.82) is 0 Å². The SMILES string of the molecule is CN(C)c1nc2c(c(=O)[nH]1)n(C)c[n+]2[C@@H]1O[C@H](COP(=O)([O-])OP(=O)(O)OP(=O)(O)OCC2OC(n3cnc4c(N)ncnc43)[C@H](O)[C@@H]2O)[C@H](O)C1O. The summed E-state index contributed by atoms with van der Waals surface area (Å²) in [5, 5.41) is 42.3. The number of fused-ring (bicyclic) bond motifs is 2. The molecule has 0 spiro atoms. The number of phosphoric acid groups is 3. The molecule has 6 unspecified atom stereocenters. The summed E-state index contributed by atoms with van der Waals surface area (Å²) in [5.74, 6) is 0.153. The van der Waals surface area contributed by atoms with Gasteiger partial charge in [-0.05, 0) is 0 Å². The molecule has 0 radical (unpaired) electrons. The summed E-state index contributed by atoms with van der Waals surface area (Å²) >= 11 is 0. The number of aliphatic hydroxyl groups excluding tert-OH is 4. The van der Waals surface area contributed by atoms with Crippen LogP contribution in [0.3, 0.4) is 0 Å². The summed E-state index contributed by atoms with van der Waals surface area (Å²) in [6.07, 6.45) is -9.34. The van der Waals surface area contributed by atoms with Crippen LogP contribution in [0.1, 0.15) is 12.5 Å². The Morgan fingerprint density at radius 3 is 2.34 bits per heavy atom. The van der Waals surface area contributed by atoms with Crippen molar-refractivity contribution in [3.05, 3.63) is 29.3 Å². The van der Waals surface area contributed by atoms with Gasteiger partial charge in [-0.3, -0.25) is 28.0 Å². The third kappa shape index (κ3) is 7.92. The first-order valence-electron chi connectivity index (χ1n) is 15.0. The number of anilines is 2. The number of nitrogens with zero attached hydrogens (tertiary/aromatic N) is 8. The Hall–Kier alpha value is -3.33. The molecular weight excluding hydrogens is 781 g/mol. The minimum Gasteiger partial charge on any atom is -0.756 e. The van der Waals surface area contributed by atoms with Gasteiger partial charge in [-0.1, -0.05) is 4.98 Å². The highest BCUT2D eigenvalue weighted by Crippen LogP contribution is 2.66. The first kappa shape index (κ1) is 39.4. The predicted molar refractivity (Wildman–Crippen MR) is 169 cm³/mol. The van der Waals surface area contributed by atoms with Crippen molar-refractivity contribution in [2.24, 2.45) is 7.05 Å². The molecule has 4 aromatic rings. The first-order chi connectivity index (χ1) is 24.7. The number of H-pyrrole nitrogens is 1. The fourth-order valence-corrected chi connectivity index (χ4v) is 9.02. The van der Waals surface area contributed by atoms with Crippen molar-refractivity contribution in [2.75, 3.05) is 37.9 Å². The minimum atomic E-state index is -6.03. The van der Waals surface area contributed by atoms with Gasteiger partial charge in [-0.2, -0.15) is 4.31 Å². The van der Waals surface area contributed by atoms with Gasteiger partial charge in [0.05, 0.1) is 26.6 Å². The molecule has 0 aromatic carbocycles. The first-order valence-corrected chi connectivity index (χ1v) is 19.5. The highest BCUT2D eigenvalue weighted by atomic mass is 31.3. The Morgan fingerprint density at radius 2 is 1.64 bits per heavy atom. The lowest BCUT2D eigenvalue weighted by atomic mass is 10.1. The van der Waals surface area contributed by atoms with E-state index in [1.807, 2.05) is 0 Å². The highest BCUT2D eigenvalue weighted by Gasteiger charge is 2.49. The predicted octanol–water partition coefficient (Wildman–Crippen LogP) is -3.99. The van der Waals surface area contributed by atoms with E-state index in [1.54, 1.807) is 14.1 Å². The van der Waals surface area contributed by atoms with Gasteiger partial charge in [0.1, 0.15) is 48.5 Å². The van der Waals surface area contributed by atoms with Crippen LogP contribution in [0.2, 0.25) is 0 Å². The lowest BCUT2D eigenvalue weighted by molar-refractivity contribution is -0.745. The number of rotatable bonds is 13. The van der Waals surface area contributed by atoms with Crippen LogP contribution < -0.4 is 25.7 Å². The molecule has 0 amide bonds. The summed E-state index contributed by atoms with van der Waals surface area (Å²) in [6, 6.07) is 0. The maximum Gasteiger partial charge on any atom is 0.487 e. The molecule has 2 aliphatic rings.